The van der Waals surface area contributed by atoms with Gasteiger partial charge in [0.05, 0.1) is 5.69 Å². The molecular weight excluding hydrogens is 261 g/mol. The molecule has 112 valence electrons. The third kappa shape index (κ3) is 4.38. The van der Waals surface area contributed by atoms with E-state index >= 15 is 0 Å². The quantitative estimate of drug-likeness (QED) is 0.606. The summed E-state index contributed by atoms with van der Waals surface area (Å²) >= 11 is 0. The second-order valence-electron chi connectivity index (χ2n) is 5.53. The maximum absolute atomic E-state index is 14.3. The molecule has 1 nitrogen and oxygen atoms in total. The summed E-state index contributed by atoms with van der Waals surface area (Å²) in [6.45, 7) is 4.29. The molecule has 2 rings (SSSR count). The highest BCUT2D eigenvalue weighted by Crippen LogP contribution is 2.23. The Labute approximate surface area is 127 Å². The van der Waals surface area contributed by atoms with E-state index in [1.54, 1.807) is 6.07 Å². The molecule has 0 saturated carbocycles. The number of nitrogens with zero attached hydrogens (tertiary/aromatic N) is 1. The smallest absolute Gasteiger partial charge is 0.132 e. The lowest BCUT2D eigenvalue weighted by Gasteiger charge is -2.07. The van der Waals surface area contributed by atoms with Crippen LogP contribution >= 0.6 is 0 Å². The molecule has 1 aromatic carbocycles. The van der Waals surface area contributed by atoms with Crippen molar-refractivity contribution >= 4 is 0 Å². The molecular formula is C19H24FN. The van der Waals surface area contributed by atoms with Crippen molar-refractivity contribution in [1.29, 1.82) is 0 Å². The van der Waals surface area contributed by atoms with E-state index in [-0.39, 0.29) is 5.82 Å². The Morgan fingerprint density at radius 1 is 0.952 bits per heavy atom. The highest BCUT2D eigenvalue weighted by molar-refractivity contribution is 5.60. The predicted octanol–water partition coefficient (Wildman–Crippen LogP) is 5.57. The Hall–Kier alpha value is -1.70. The monoisotopic (exact) mass is 285 g/mol. The molecule has 0 amide bonds. The van der Waals surface area contributed by atoms with Crippen LogP contribution in [0.3, 0.4) is 0 Å². The van der Waals surface area contributed by atoms with Crippen molar-refractivity contribution in [2.45, 2.75) is 52.4 Å². The van der Waals surface area contributed by atoms with Crippen LogP contribution in [0.2, 0.25) is 0 Å². The summed E-state index contributed by atoms with van der Waals surface area (Å²) < 4.78 is 14.3. The van der Waals surface area contributed by atoms with E-state index in [4.69, 9.17) is 0 Å². The molecule has 2 aromatic rings. The Morgan fingerprint density at radius 3 is 2.38 bits per heavy atom. The molecule has 0 N–H and O–H groups in total. The SMILES string of the molecule is CCCCCCc1ccc(-c2ccc(CC)cn2)c(F)c1. The van der Waals surface area contributed by atoms with Gasteiger partial charge in [-0.05, 0) is 48.6 Å². The van der Waals surface area contributed by atoms with E-state index < -0.39 is 0 Å². The van der Waals surface area contributed by atoms with Gasteiger partial charge in [-0.2, -0.15) is 0 Å². The van der Waals surface area contributed by atoms with E-state index in [9.17, 15) is 4.39 Å². The first kappa shape index (κ1) is 15.7. The molecule has 1 heterocycles. The maximum atomic E-state index is 14.3. The van der Waals surface area contributed by atoms with Gasteiger partial charge < -0.3 is 0 Å². The number of pyridine rings is 1. The molecule has 0 bridgehead atoms. The summed E-state index contributed by atoms with van der Waals surface area (Å²) in [6, 6.07) is 9.47. The predicted molar refractivity (Wildman–Crippen MR) is 86.9 cm³/mol. The average molecular weight is 285 g/mol. The maximum Gasteiger partial charge on any atom is 0.132 e. The van der Waals surface area contributed by atoms with E-state index in [1.807, 2.05) is 30.5 Å². The third-order valence-electron chi connectivity index (χ3n) is 3.86. The molecule has 2 heteroatoms. The number of rotatable bonds is 7. The van der Waals surface area contributed by atoms with Crippen LogP contribution in [0.5, 0.6) is 0 Å². The van der Waals surface area contributed by atoms with Gasteiger partial charge >= 0.3 is 0 Å². The standard InChI is InChI=1S/C19H24FN/c1-3-5-6-7-8-16-9-11-17(18(20)13-16)19-12-10-15(4-2)14-21-19/h9-14H,3-8H2,1-2H3. The molecule has 0 unspecified atom stereocenters. The van der Waals surface area contributed by atoms with Crippen molar-refractivity contribution in [3.05, 3.63) is 53.5 Å². The molecule has 0 atom stereocenters. The second-order valence-corrected chi connectivity index (χ2v) is 5.53. The number of aromatic nitrogens is 1. The lowest BCUT2D eigenvalue weighted by molar-refractivity contribution is 0.623. The molecule has 0 radical (unpaired) electrons. The summed E-state index contributed by atoms with van der Waals surface area (Å²) in [4.78, 5) is 4.36. The average Bonchev–Trinajstić information content (AvgIpc) is 2.52. The fourth-order valence-electron chi connectivity index (χ4n) is 2.47. The normalized spacial score (nSPS) is 10.8. The van der Waals surface area contributed by atoms with E-state index in [0.717, 1.165) is 24.8 Å². The van der Waals surface area contributed by atoms with Crippen molar-refractivity contribution in [2.75, 3.05) is 0 Å². The minimum Gasteiger partial charge on any atom is -0.256 e. The van der Waals surface area contributed by atoms with Crippen molar-refractivity contribution in [1.82, 2.24) is 4.98 Å². The zero-order chi connectivity index (χ0) is 15.1. The van der Waals surface area contributed by atoms with Crippen molar-refractivity contribution in [3.63, 3.8) is 0 Å². The topological polar surface area (TPSA) is 12.9 Å². The lowest BCUT2D eigenvalue weighted by atomic mass is 10.0. The molecule has 0 aliphatic rings. The first-order chi connectivity index (χ1) is 10.2. The minimum absolute atomic E-state index is 0.167. The highest BCUT2D eigenvalue weighted by Gasteiger charge is 2.07. The summed E-state index contributed by atoms with van der Waals surface area (Å²) in [5, 5.41) is 0. The summed E-state index contributed by atoms with van der Waals surface area (Å²) in [6.07, 6.45) is 8.58. The van der Waals surface area contributed by atoms with E-state index in [1.165, 1.54) is 24.8 Å². The van der Waals surface area contributed by atoms with Crippen LogP contribution in [0.15, 0.2) is 36.5 Å². The van der Waals surface area contributed by atoms with E-state index in [0.29, 0.717) is 11.3 Å². The lowest BCUT2D eigenvalue weighted by Crippen LogP contribution is -1.93. The zero-order valence-corrected chi connectivity index (χ0v) is 13.0. The van der Waals surface area contributed by atoms with E-state index in [2.05, 4.69) is 18.8 Å². The van der Waals surface area contributed by atoms with Crippen LogP contribution in [-0.2, 0) is 12.8 Å². The van der Waals surface area contributed by atoms with Gasteiger partial charge in [-0.1, -0.05) is 45.2 Å². The molecule has 0 saturated heterocycles. The van der Waals surface area contributed by atoms with Gasteiger partial charge in [0.1, 0.15) is 5.82 Å². The van der Waals surface area contributed by atoms with Crippen molar-refractivity contribution in [3.8, 4) is 11.3 Å². The molecule has 0 aliphatic carbocycles. The first-order valence-corrected chi connectivity index (χ1v) is 7.98. The van der Waals surface area contributed by atoms with Gasteiger partial charge in [0, 0.05) is 11.8 Å². The number of hydrogen-bond acceptors (Lipinski definition) is 1. The summed E-state index contributed by atoms with van der Waals surface area (Å²) in [5.41, 5.74) is 3.56. The molecule has 1 aromatic heterocycles. The van der Waals surface area contributed by atoms with Crippen molar-refractivity contribution in [2.24, 2.45) is 0 Å². The number of hydrogen-bond donors (Lipinski definition) is 0. The minimum atomic E-state index is -0.167. The Kier molecular flexibility index (Phi) is 5.91. The van der Waals surface area contributed by atoms with Crippen LogP contribution in [0.4, 0.5) is 4.39 Å². The van der Waals surface area contributed by atoms with Crippen LogP contribution < -0.4 is 0 Å². The Morgan fingerprint density at radius 2 is 1.76 bits per heavy atom. The number of aryl methyl sites for hydroxylation is 2. The highest BCUT2D eigenvalue weighted by atomic mass is 19.1. The summed E-state index contributed by atoms with van der Waals surface area (Å²) in [7, 11) is 0. The fourth-order valence-corrected chi connectivity index (χ4v) is 2.47. The van der Waals surface area contributed by atoms with Crippen LogP contribution in [0.25, 0.3) is 11.3 Å². The zero-order valence-electron chi connectivity index (χ0n) is 13.0. The Balaban J connectivity index is 2.07. The fraction of sp³-hybridized carbons (Fsp3) is 0.421. The van der Waals surface area contributed by atoms with Gasteiger partial charge in [0.25, 0.3) is 0 Å². The third-order valence-corrected chi connectivity index (χ3v) is 3.86. The largest absolute Gasteiger partial charge is 0.256 e. The van der Waals surface area contributed by atoms with Gasteiger partial charge in [0.15, 0.2) is 0 Å². The number of halogens is 1. The van der Waals surface area contributed by atoms with Gasteiger partial charge in [-0.3, -0.25) is 4.98 Å². The van der Waals surface area contributed by atoms with Gasteiger partial charge in [-0.25, -0.2) is 4.39 Å². The van der Waals surface area contributed by atoms with Crippen LogP contribution in [0.1, 0.15) is 50.7 Å². The number of benzene rings is 1. The van der Waals surface area contributed by atoms with Crippen LogP contribution in [-0.4, -0.2) is 4.98 Å². The van der Waals surface area contributed by atoms with Crippen LogP contribution in [0, 0.1) is 5.82 Å². The molecule has 21 heavy (non-hydrogen) atoms. The summed E-state index contributed by atoms with van der Waals surface area (Å²) in [5.74, 6) is -0.167. The Bertz CT molecular complexity index is 560. The first-order valence-electron chi connectivity index (χ1n) is 7.98. The molecule has 0 spiro atoms. The van der Waals surface area contributed by atoms with Gasteiger partial charge in [-0.15, -0.1) is 0 Å². The van der Waals surface area contributed by atoms with Gasteiger partial charge in [0.2, 0.25) is 0 Å². The van der Waals surface area contributed by atoms with Crippen molar-refractivity contribution < 1.29 is 4.39 Å². The molecule has 0 aliphatic heterocycles. The molecule has 0 fully saturated rings. The second kappa shape index (κ2) is 7.92. The number of unbranched alkanes of at least 4 members (excludes halogenated alkanes) is 3.